The molecule has 7 nitrogen and oxygen atoms in total. The summed E-state index contributed by atoms with van der Waals surface area (Å²) in [5.74, 6) is 0.0463. The van der Waals surface area contributed by atoms with Crippen molar-refractivity contribution in [3.8, 4) is 0 Å². The first-order valence-corrected chi connectivity index (χ1v) is 7.80. The van der Waals surface area contributed by atoms with Crippen LogP contribution in [0.15, 0.2) is 6.20 Å². The highest BCUT2D eigenvalue weighted by Gasteiger charge is 2.40. The summed E-state index contributed by atoms with van der Waals surface area (Å²) in [5, 5.41) is 8.48. The van der Waals surface area contributed by atoms with E-state index in [1.807, 2.05) is 31.6 Å². The molecule has 1 saturated heterocycles. The van der Waals surface area contributed by atoms with Gasteiger partial charge in [0.1, 0.15) is 5.60 Å². The van der Waals surface area contributed by atoms with E-state index in [1.54, 1.807) is 12.0 Å². The van der Waals surface area contributed by atoms with Crippen LogP contribution in [-0.2, 0) is 9.47 Å². The van der Waals surface area contributed by atoms with Crippen molar-refractivity contribution in [3.63, 3.8) is 0 Å². The molecular formula is C15H24N4O3. The van der Waals surface area contributed by atoms with Crippen LogP contribution in [0.4, 0.5) is 4.79 Å². The zero-order valence-electron chi connectivity index (χ0n) is 13.7. The van der Waals surface area contributed by atoms with Crippen molar-refractivity contribution in [3.05, 3.63) is 11.9 Å². The van der Waals surface area contributed by atoms with Gasteiger partial charge >= 0.3 is 6.09 Å². The van der Waals surface area contributed by atoms with Crippen LogP contribution in [0.5, 0.6) is 0 Å². The maximum atomic E-state index is 12.2. The van der Waals surface area contributed by atoms with Crippen LogP contribution in [0.2, 0.25) is 0 Å². The fourth-order valence-corrected chi connectivity index (χ4v) is 2.75. The number of ether oxygens (including phenoxy) is 2. The molecular weight excluding hydrogens is 284 g/mol. The van der Waals surface area contributed by atoms with E-state index in [9.17, 15) is 4.79 Å². The van der Waals surface area contributed by atoms with Gasteiger partial charge in [-0.1, -0.05) is 5.21 Å². The number of rotatable bonds is 3. The van der Waals surface area contributed by atoms with Crippen molar-refractivity contribution in [2.45, 2.75) is 57.3 Å². The molecule has 1 amide bonds. The Morgan fingerprint density at radius 2 is 2.05 bits per heavy atom. The number of methoxy groups -OCH3 is 1. The molecule has 0 radical (unpaired) electrons. The summed E-state index contributed by atoms with van der Waals surface area (Å²) in [4.78, 5) is 13.9. The Bertz CT molecular complexity index is 547. The number of carbonyl (C=O) groups excluding carboxylic acids is 1. The summed E-state index contributed by atoms with van der Waals surface area (Å²) >= 11 is 0. The van der Waals surface area contributed by atoms with Gasteiger partial charge in [-0.25, -0.2) is 9.48 Å². The zero-order valence-corrected chi connectivity index (χ0v) is 13.7. The van der Waals surface area contributed by atoms with Crippen LogP contribution < -0.4 is 0 Å². The van der Waals surface area contributed by atoms with E-state index in [1.165, 1.54) is 12.8 Å². The summed E-state index contributed by atoms with van der Waals surface area (Å²) < 4.78 is 12.9. The smallest absolute Gasteiger partial charge is 0.410 e. The molecule has 1 saturated carbocycles. The van der Waals surface area contributed by atoms with E-state index in [-0.39, 0.29) is 18.1 Å². The molecule has 0 unspecified atom stereocenters. The Kier molecular flexibility index (Phi) is 3.84. The van der Waals surface area contributed by atoms with Gasteiger partial charge in [0.2, 0.25) is 0 Å². The van der Waals surface area contributed by atoms with Crippen LogP contribution in [-0.4, -0.2) is 57.9 Å². The standard InChI is InChI=1S/C15H24N4O3/c1-15(2,3)22-14(20)18-7-11(13(9-18)21-4)12-8-19(17-16-12)10-5-6-10/h8,10-11,13H,5-7,9H2,1-4H3/t11-,13+/m1/s1. The summed E-state index contributed by atoms with van der Waals surface area (Å²) in [6.07, 6.45) is 3.96. The molecule has 1 aromatic rings. The third-order valence-corrected chi connectivity index (χ3v) is 4.05. The first-order chi connectivity index (χ1) is 10.4. The van der Waals surface area contributed by atoms with E-state index < -0.39 is 5.60 Å². The van der Waals surface area contributed by atoms with Crippen molar-refractivity contribution >= 4 is 6.09 Å². The molecule has 2 atom stereocenters. The minimum Gasteiger partial charge on any atom is -0.444 e. The maximum Gasteiger partial charge on any atom is 0.410 e. The van der Waals surface area contributed by atoms with Crippen molar-refractivity contribution in [1.29, 1.82) is 0 Å². The van der Waals surface area contributed by atoms with Gasteiger partial charge in [0.05, 0.1) is 30.3 Å². The zero-order chi connectivity index (χ0) is 15.9. The second kappa shape index (κ2) is 5.53. The lowest BCUT2D eigenvalue weighted by molar-refractivity contribution is 0.0252. The number of hydrogen-bond donors (Lipinski definition) is 0. The number of carbonyl (C=O) groups is 1. The molecule has 2 aliphatic rings. The van der Waals surface area contributed by atoms with Crippen molar-refractivity contribution in [2.75, 3.05) is 20.2 Å². The molecule has 1 aliphatic carbocycles. The number of likely N-dealkylation sites (tertiary alicyclic amines) is 1. The molecule has 0 aromatic carbocycles. The van der Waals surface area contributed by atoms with Gasteiger partial charge in [0.15, 0.2) is 0 Å². The first-order valence-electron chi connectivity index (χ1n) is 7.80. The normalized spacial score (nSPS) is 25.5. The molecule has 1 aliphatic heterocycles. The Labute approximate surface area is 130 Å². The largest absolute Gasteiger partial charge is 0.444 e. The molecule has 0 spiro atoms. The highest BCUT2D eigenvalue weighted by molar-refractivity contribution is 5.68. The lowest BCUT2D eigenvalue weighted by Crippen LogP contribution is -2.36. The predicted molar refractivity (Wildman–Crippen MR) is 79.6 cm³/mol. The number of nitrogens with zero attached hydrogens (tertiary/aromatic N) is 4. The average Bonchev–Trinajstić information content (AvgIpc) is 3.01. The van der Waals surface area contributed by atoms with Gasteiger partial charge in [0.25, 0.3) is 0 Å². The van der Waals surface area contributed by atoms with E-state index in [2.05, 4.69) is 10.3 Å². The summed E-state index contributed by atoms with van der Waals surface area (Å²) in [7, 11) is 1.67. The Hall–Kier alpha value is -1.63. The van der Waals surface area contributed by atoms with Crippen molar-refractivity contribution < 1.29 is 14.3 Å². The third kappa shape index (κ3) is 3.24. The topological polar surface area (TPSA) is 69.5 Å². The highest BCUT2D eigenvalue weighted by atomic mass is 16.6. The molecule has 122 valence electrons. The highest BCUT2D eigenvalue weighted by Crippen LogP contribution is 2.35. The SMILES string of the molecule is CO[C@H]1CN(C(=O)OC(C)(C)C)C[C@@H]1c1cn(C2CC2)nn1. The van der Waals surface area contributed by atoms with E-state index in [0.717, 1.165) is 5.69 Å². The first kappa shape index (κ1) is 15.3. The lowest BCUT2D eigenvalue weighted by atomic mass is 10.0. The van der Waals surface area contributed by atoms with E-state index >= 15 is 0 Å². The molecule has 3 rings (SSSR count). The Morgan fingerprint density at radius 3 is 2.64 bits per heavy atom. The number of aromatic nitrogens is 3. The van der Waals surface area contributed by atoms with E-state index in [0.29, 0.717) is 19.1 Å². The molecule has 2 heterocycles. The predicted octanol–water partition coefficient (Wildman–Crippen LogP) is 1.96. The van der Waals surface area contributed by atoms with Gasteiger partial charge in [-0.2, -0.15) is 0 Å². The third-order valence-electron chi connectivity index (χ3n) is 4.05. The molecule has 22 heavy (non-hydrogen) atoms. The molecule has 1 aromatic heterocycles. The van der Waals surface area contributed by atoms with Crippen LogP contribution in [0.3, 0.4) is 0 Å². The number of hydrogen-bond acceptors (Lipinski definition) is 5. The maximum absolute atomic E-state index is 12.2. The Morgan fingerprint density at radius 1 is 1.32 bits per heavy atom. The van der Waals surface area contributed by atoms with Crippen molar-refractivity contribution in [1.82, 2.24) is 19.9 Å². The second-order valence-electron chi connectivity index (χ2n) is 7.12. The molecule has 0 N–H and O–H groups in total. The van der Waals surface area contributed by atoms with Crippen LogP contribution in [0.1, 0.15) is 51.3 Å². The number of amides is 1. The summed E-state index contributed by atoms with van der Waals surface area (Å²) in [5.41, 5.74) is 0.400. The fourth-order valence-electron chi connectivity index (χ4n) is 2.75. The lowest BCUT2D eigenvalue weighted by Gasteiger charge is -2.24. The van der Waals surface area contributed by atoms with Gasteiger partial charge in [-0.05, 0) is 33.6 Å². The Balaban J connectivity index is 1.69. The van der Waals surface area contributed by atoms with Gasteiger partial charge < -0.3 is 14.4 Å². The van der Waals surface area contributed by atoms with Crippen LogP contribution in [0, 0.1) is 0 Å². The quantitative estimate of drug-likeness (QED) is 0.854. The summed E-state index contributed by atoms with van der Waals surface area (Å²) in [6, 6.07) is 0.505. The molecule has 0 bridgehead atoms. The minimum atomic E-state index is -0.493. The van der Waals surface area contributed by atoms with Crippen molar-refractivity contribution in [2.24, 2.45) is 0 Å². The van der Waals surface area contributed by atoms with Crippen LogP contribution >= 0.6 is 0 Å². The second-order valence-corrected chi connectivity index (χ2v) is 7.12. The fraction of sp³-hybridized carbons (Fsp3) is 0.800. The minimum absolute atomic E-state index is 0.0463. The monoisotopic (exact) mass is 308 g/mol. The molecule has 7 heteroatoms. The average molecular weight is 308 g/mol. The van der Waals surface area contributed by atoms with E-state index in [4.69, 9.17) is 9.47 Å². The van der Waals surface area contributed by atoms with Gasteiger partial charge in [-0.3, -0.25) is 0 Å². The molecule has 2 fully saturated rings. The van der Waals surface area contributed by atoms with Gasteiger partial charge in [-0.15, -0.1) is 5.10 Å². The van der Waals surface area contributed by atoms with Gasteiger partial charge in [0, 0.05) is 19.9 Å². The van der Waals surface area contributed by atoms with Crippen LogP contribution in [0.25, 0.3) is 0 Å². The summed E-state index contributed by atoms with van der Waals surface area (Å²) in [6.45, 7) is 6.68.